The van der Waals surface area contributed by atoms with Crippen molar-refractivity contribution < 1.29 is 8.42 Å². The zero-order valence-corrected chi connectivity index (χ0v) is 10.3. The van der Waals surface area contributed by atoms with Crippen molar-refractivity contribution in [1.82, 2.24) is 0 Å². The fraction of sp³-hybridized carbons (Fsp3) is 0.417. The minimum absolute atomic E-state index is 0.0146. The van der Waals surface area contributed by atoms with E-state index in [4.69, 9.17) is 5.26 Å². The van der Waals surface area contributed by atoms with Gasteiger partial charge in [-0.2, -0.15) is 5.26 Å². The number of benzene rings is 1. The smallest absolute Gasteiger partial charge is 0.154 e. The van der Waals surface area contributed by atoms with Crippen molar-refractivity contribution in [2.24, 2.45) is 5.92 Å². The van der Waals surface area contributed by atoms with Gasteiger partial charge >= 0.3 is 0 Å². The Morgan fingerprint density at radius 3 is 2.62 bits per heavy atom. The molecule has 0 N–H and O–H groups in total. The predicted octanol–water partition coefficient (Wildman–Crippen LogP) is 2.13. The first-order valence-electron chi connectivity index (χ1n) is 5.12. The SMILES string of the molecule is CC(C)CS(=O)(=O)Cc1cccc(C#N)c1. The molecule has 86 valence electrons. The molecule has 0 amide bonds. The second-order valence-corrected chi connectivity index (χ2v) is 6.37. The highest BCUT2D eigenvalue weighted by atomic mass is 32.2. The van der Waals surface area contributed by atoms with Gasteiger partial charge in [-0.25, -0.2) is 8.42 Å². The number of nitrogens with zero attached hydrogens (tertiary/aromatic N) is 1. The first-order chi connectivity index (χ1) is 7.43. The number of hydrogen-bond donors (Lipinski definition) is 0. The van der Waals surface area contributed by atoms with Crippen LogP contribution in [0.25, 0.3) is 0 Å². The van der Waals surface area contributed by atoms with Crippen LogP contribution in [0.2, 0.25) is 0 Å². The Balaban J connectivity index is 2.85. The molecule has 0 aliphatic carbocycles. The van der Waals surface area contributed by atoms with Crippen molar-refractivity contribution in [3.05, 3.63) is 35.4 Å². The van der Waals surface area contributed by atoms with Crippen LogP contribution in [0.15, 0.2) is 24.3 Å². The molecule has 0 fully saturated rings. The number of rotatable bonds is 4. The Labute approximate surface area is 96.6 Å². The van der Waals surface area contributed by atoms with Crippen molar-refractivity contribution in [2.45, 2.75) is 19.6 Å². The molecular formula is C12H15NO2S. The highest BCUT2D eigenvalue weighted by Gasteiger charge is 2.14. The highest BCUT2D eigenvalue weighted by Crippen LogP contribution is 2.11. The summed E-state index contributed by atoms with van der Waals surface area (Å²) in [6.45, 7) is 3.76. The van der Waals surface area contributed by atoms with Crippen molar-refractivity contribution in [3.63, 3.8) is 0 Å². The lowest BCUT2D eigenvalue weighted by atomic mass is 10.2. The quantitative estimate of drug-likeness (QED) is 0.806. The van der Waals surface area contributed by atoms with Crippen LogP contribution >= 0.6 is 0 Å². The van der Waals surface area contributed by atoms with Crippen molar-refractivity contribution in [2.75, 3.05) is 5.75 Å². The zero-order chi connectivity index (χ0) is 12.2. The van der Waals surface area contributed by atoms with Crippen LogP contribution in [-0.2, 0) is 15.6 Å². The largest absolute Gasteiger partial charge is 0.228 e. The van der Waals surface area contributed by atoms with Gasteiger partial charge in [0.1, 0.15) is 0 Å². The van der Waals surface area contributed by atoms with Crippen LogP contribution in [0, 0.1) is 17.2 Å². The lowest BCUT2D eigenvalue weighted by molar-refractivity contribution is 0.581. The third-order valence-corrected chi connectivity index (χ3v) is 3.98. The van der Waals surface area contributed by atoms with Gasteiger partial charge in [0, 0.05) is 0 Å². The topological polar surface area (TPSA) is 57.9 Å². The molecule has 0 aliphatic rings. The second kappa shape index (κ2) is 5.13. The molecule has 0 radical (unpaired) electrons. The minimum Gasteiger partial charge on any atom is -0.228 e. The van der Waals surface area contributed by atoms with E-state index in [9.17, 15) is 8.42 Å². The van der Waals surface area contributed by atoms with Gasteiger partial charge in [0.15, 0.2) is 9.84 Å². The maximum atomic E-state index is 11.7. The summed E-state index contributed by atoms with van der Waals surface area (Å²) in [7, 11) is -3.07. The molecule has 1 aromatic rings. The molecule has 1 aromatic carbocycles. The minimum atomic E-state index is -3.07. The van der Waals surface area contributed by atoms with E-state index < -0.39 is 9.84 Å². The van der Waals surface area contributed by atoms with Gasteiger partial charge in [-0.15, -0.1) is 0 Å². The molecule has 0 unspecified atom stereocenters. The van der Waals surface area contributed by atoms with Crippen molar-refractivity contribution >= 4 is 9.84 Å². The maximum Gasteiger partial charge on any atom is 0.154 e. The summed E-state index contributed by atoms with van der Waals surface area (Å²) in [4.78, 5) is 0. The van der Waals surface area contributed by atoms with Gasteiger partial charge in [0.2, 0.25) is 0 Å². The fourth-order valence-corrected chi connectivity index (χ4v) is 3.37. The molecule has 0 aromatic heterocycles. The van der Waals surface area contributed by atoms with Crippen LogP contribution in [0.1, 0.15) is 25.0 Å². The van der Waals surface area contributed by atoms with Gasteiger partial charge in [0.25, 0.3) is 0 Å². The van der Waals surface area contributed by atoms with E-state index in [1.807, 2.05) is 19.9 Å². The lowest BCUT2D eigenvalue weighted by Crippen LogP contribution is -2.13. The van der Waals surface area contributed by atoms with Crippen LogP contribution < -0.4 is 0 Å². The third kappa shape index (κ3) is 4.03. The van der Waals surface area contributed by atoms with Crippen molar-refractivity contribution in [1.29, 1.82) is 5.26 Å². The summed E-state index contributed by atoms with van der Waals surface area (Å²) in [5.74, 6) is 0.328. The molecule has 0 heterocycles. The first-order valence-corrected chi connectivity index (χ1v) is 6.94. The summed E-state index contributed by atoms with van der Waals surface area (Å²) in [5.41, 5.74) is 1.18. The summed E-state index contributed by atoms with van der Waals surface area (Å²) < 4.78 is 23.5. The summed E-state index contributed by atoms with van der Waals surface area (Å²) in [6, 6.07) is 8.73. The second-order valence-electron chi connectivity index (χ2n) is 4.26. The van der Waals surface area contributed by atoms with Gasteiger partial charge in [-0.3, -0.25) is 0 Å². The number of nitriles is 1. The Hall–Kier alpha value is -1.34. The number of sulfone groups is 1. The maximum absolute atomic E-state index is 11.7. The van der Waals surface area contributed by atoms with E-state index in [-0.39, 0.29) is 17.4 Å². The standard InChI is InChI=1S/C12H15NO2S/c1-10(2)8-16(14,15)9-12-5-3-4-11(6-12)7-13/h3-6,10H,8-9H2,1-2H3. The third-order valence-electron chi connectivity index (χ3n) is 2.03. The van der Waals surface area contributed by atoms with Crippen LogP contribution in [0.3, 0.4) is 0 Å². The Kier molecular flexibility index (Phi) is 4.08. The molecule has 1 rings (SSSR count). The van der Waals surface area contributed by atoms with E-state index >= 15 is 0 Å². The van der Waals surface area contributed by atoms with E-state index in [0.29, 0.717) is 11.1 Å². The predicted molar refractivity (Wildman–Crippen MR) is 63.5 cm³/mol. The fourth-order valence-electron chi connectivity index (χ4n) is 1.55. The summed E-state index contributed by atoms with van der Waals surface area (Å²) >= 11 is 0. The van der Waals surface area contributed by atoms with Gasteiger partial charge < -0.3 is 0 Å². The van der Waals surface area contributed by atoms with Gasteiger partial charge in [0.05, 0.1) is 23.1 Å². The Morgan fingerprint density at radius 1 is 1.38 bits per heavy atom. The molecule has 0 bridgehead atoms. The van der Waals surface area contributed by atoms with Gasteiger partial charge in [-0.1, -0.05) is 26.0 Å². The average molecular weight is 237 g/mol. The van der Waals surface area contributed by atoms with Crippen LogP contribution in [-0.4, -0.2) is 14.2 Å². The zero-order valence-electron chi connectivity index (χ0n) is 9.47. The summed E-state index contributed by atoms with van der Waals surface area (Å²) in [6.07, 6.45) is 0. The van der Waals surface area contributed by atoms with Gasteiger partial charge in [-0.05, 0) is 23.6 Å². The molecular weight excluding hydrogens is 222 g/mol. The molecule has 3 nitrogen and oxygen atoms in total. The van der Waals surface area contributed by atoms with Crippen LogP contribution in [0.5, 0.6) is 0 Å². The molecule has 16 heavy (non-hydrogen) atoms. The van der Waals surface area contributed by atoms with E-state index in [0.717, 1.165) is 0 Å². The molecule has 4 heteroatoms. The molecule has 0 saturated heterocycles. The average Bonchev–Trinajstić information content (AvgIpc) is 2.15. The highest BCUT2D eigenvalue weighted by molar-refractivity contribution is 7.90. The van der Waals surface area contributed by atoms with E-state index in [1.165, 1.54) is 0 Å². The molecule has 0 aliphatic heterocycles. The summed E-state index contributed by atoms with van der Waals surface area (Å²) in [5, 5.41) is 8.71. The van der Waals surface area contributed by atoms with Crippen molar-refractivity contribution in [3.8, 4) is 6.07 Å². The number of hydrogen-bond acceptors (Lipinski definition) is 3. The monoisotopic (exact) mass is 237 g/mol. The van der Waals surface area contributed by atoms with Crippen LogP contribution in [0.4, 0.5) is 0 Å². The van der Waals surface area contributed by atoms with E-state index in [1.54, 1.807) is 24.3 Å². The Morgan fingerprint density at radius 2 is 2.06 bits per heavy atom. The first kappa shape index (κ1) is 12.7. The molecule has 0 spiro atoms. The Bertz CT molecular complexity index is 498. The van der Waals surface area contributed by atoms with E-state index in [2.05, 4.69) is 0 Å². The molecule has 0 atom stereocenters. The normalized spacial score (nSPS) is 11.4. The lowest BCUT2D eigenvalue weighted by Gasteiger charge is -2.07. The molecule has 0 saturated carbocycles.